The summed E-state index contributed by atoms with van der Waals surface area (Å²) in [6.07, 6.45) is -0.421. The predicted octanol–water partition coefficient (Wildman–Crippen LogP) is 1.35. The molecule has 0 atom stereocenters. The summed E-state index contributed by atoms with van der Waals surface area (Å²) in [5, 5.41) is 2.58. The molecule has 1 aromatic rings. The maximum atomic E-state index is 11.5. The second-order valence-corrected chi connectivity index (χ2v) is 6.27. The highest BCUT2D eigenvalue weighted by Gasteiger charge is 2.15. The van der Waals surface area contributed by atoms with E-state index in [1.165, 1.54) is 0 Å². The van der Waals surface area contributed by atoms with Gasteiger partial charge in [-0.05, 0) is 17.7 Å². The Morgan fingerprint density at radius 2 is 1.81 bits per heavy atom. The van der Waals surface area contributed by atoms with Crippen molar-refractivity contribution in [2.45, 2.75) is 19.1 Å². The van der Waals surface area contributed by atoms with Crippen molar-refractivity contribution in [2.75, 3.05) is 25.7 Å². The highest BCUT2D eigenvalue weighted by molar-refractivity contribution is 7.51. The van der Waals surface area contributed by atoms with Crippen LogP contribution in [0, 0.1) is 0 Å². The zero-order valence-electron chi connectivity index (χ0n) is 12.0. The smallest absolute Gasteiger partial charge is 0.326 e. The Labute approximate surface area is 123 Å². The SMILES string of the molecule is COC(Cc1ccc(NC(=O)CCP(=O)(O)O)cc1)OC. The fourth-order valence-corrected chi connectivity index (χ4v) is 2.14. The van der Waals surface area contributed by atoms with Crippen LogP contribution in [0.3, 0.4) is 0 Å². The monoisotopic (exact) mass is 317 g/mol. The Hall–Kier alpha value is -1.24. The maximum Gasteiger partial charge on any atom is 0.326 e. The molecule has 0 unspecified atom stereocenters. The lowest BCUT2D eigenvalue weighted by Gasteiger charge is -2.13. The lowest BCUT2D eigenvalue weighted by Crippen LogP contribution is -2.16. The average molecular weight is 317 g/mol. The molecule has 1 rings (SSSR count). The molecule has 0 bridgehead atoms. The van der Waals surface area contributed by atoms with E-state index in [-0.39, 0.29) is 12.7 Å². The lowest BCUT2D eigenvalue weighted by molar-refractivity contribution is -0.115. The van der Waals surface area contributed by atoms with E-state index in [0.717, 1.165) is 5.56 Å². The molecule has 1 amide bonds. The minimum atomic E-state index is -4.14. The van der Waals surface area contributed by atoms with Crippen molar-refractivity contribution in [3.05, 3.63) is 29.8 Å². The Kier molecular flexibility index (Phi) is 7.01. The minimum Gasteiger partial charge on any atom is -0.356 e. The molecular formula is C13H20NO6P. The van der Waals surface area contributed by atoms with Gasteiger partial charge in [-0.25, -0.2) is 0 Å². The molecule has 118 valence electrons. The molecule has 0 aliphatic heterocycles. The normalized spacial score (nSPS) is 11.7. The van der Waals surface area contributed by atoms with E-state index in [1.54, 1.807) is 26.4 Å². The summed E-state index contributed by atoms with van der Waals surface area (Å²) in [4.78, 5) is 28.9. The number of amides is 1. The first-order chi connectivity index (χ1) is 9.84. The number of carbonyl (C=O) groups excluding carboxylic acids is 1. The third kappa shape index (κ3) is 7.36. The average Bonchev–Trinajstić information content (AvgIpc) is 2.43. The van der Waals surface area contributed by atoms with Crippen molar-refractivity contribution in [1.82, 2.24) is 0 Å². The number of nitrogens with one attached hydrogen (secondary N) is 1. The first-order valence-corrected chi connectivity index (χ1v) is 8.13. The molecule has 1 aromatic carbocycles. The maximum absolute atomic E-state index is 11.5. The van der Waals surface area contributed by atoms with Crippen molar-refractivity contribution in [2.24, 2.45) is 0 Å². The van der Waals surface area contributed by atoms with Gasteiger partial charge < -0.3 is 24.6 Å². The summed E-state index contributed by atoms with van der Waals surface area (Å²) < 4.78 is 20.9. The van der Waals surface area contributed by atoms with Crippen LogP contribution < -0.4 is 5.32 Å². The topological polar surface area (TPSA) is 105 Å². The highest BCUT2D eigenvalue weighted by atomic mass is 31.2. The zero-order valence-corrected chi connectivity index (χ0v) is 12.9. The molecule has 3 N–H and O–H groups in total. The van der Waals surface area contributed by atoms with Gasteiger partial charge in [-0.15, -0.1) is 0 Å². The van der Waals surface area contributed by atoms with Crippen molar-refractivity contribution in [3.8, 4) is 0 Å². The fourth-order valence-electron chi connectivity index (χ4n) is 1.65. The van der Waals surface area contributed by atoms with E-state index in [0.29, 0.717) is 12.1 Å². The summed E-state index contributed by atoms with van der Waals surface area (Å²) in [5.41, 5.74) is 1.55. The highest BCUT2D eigenvalue weighted by Crippen LogP contribution is 2.34. The van der Waals surface area contributed by atoms with Gasteiger partial charge in [0.1, 0.15) is 0 Å². The summed E-state index contributed by atoms with van der Waals surface area (Å²) >= 11 is 0. The zero-order chi connectivity index (χ0) is 15.9. The molecule has 0 heterocycles. The van der Waals surface area contributed by atoms with Crippen molar-refractivity contribution in [1.29, 1.82) is 0 Å². The van der Waals surface area contributed by atoms with Crippen LogP contribution in [0.25, 0.3) is 0 Å². The molecule has 21 heavy (non-hydrogen) atoms. The third-order valence-corrected chi connectivity index (χ3v) is 3.60. The Bertz CT molecular complexity index is 494. The van der Waals surface area contributed by atoms with Gasteiger partial charge in [-0.3, -0.25) is 9.36 Å². The summed E-state index contributed by atoms with van der Waals surface area (Å²) in [5.74, 6) is -0.433. The van der Waals surface area contributed by atoms with E-state index < -0.39 is 19.7 Å². The van der Waals surface area contributed by atoms with Crippen LogP contribution in [0.15, 0.2) is 24.3 Å². The Balaban J connectivity index is 2.50. The van der Waals surface area contributed by atoms with Gasteiger partial charge in [0.25, 0.3) is 0 Å². The fraction of sp³-hybridized carbons (Fsp3) is 0.462. The van der Waals surface area contributed by atoms with Gasteiger partial charge in [-0.2, -0.15) is 0 Å². The van der Waals surface area contributed by atoms with Gasteiger partial charge in [0.05, 0.1) is 6.16 Å². The Morgan fingerprint density at radius 1 is 1.24 bits per heavy atom. The lowest BCUT2D eigenvalue weighted by atomic mass is 10.1. The summed E-state index contributed by atoms with van der Waals surface area (Å²) in [7, 11) is -1.03. The first kappa shape index (κ1) is 17.8. The van der Waals surface area contributed by atoms with E-state index >= 15 is 0 Å². The number of rotatable bonds is 8. The van der Waals surface area contributed by atoms with Crippen LogP contribution in [-0.2, 0) is 25.3 Å². The quantitative estimate of drug-likeness (QED) is 0.494. The Morgan fingerprint density at radius 3 is 2.29 bits per heavy atom. The number of hydrogen-bond donors (Lipinski definition) is 3. The molecule has 0 spiro atoms. The van der Waals surface area contributed by atoms with Crippen LogP contribution in [-0.4, -0.2) is 42.4 Å². The second kappa shape index (κ2) is 8.26. The van der Waals surface area contributed by atoms with Crippen molar-refractivity contribution >= 4 is 19.2 Å². The van der Waals surface area contributed by atoms with E-state index in [1.807, 2.05) is 12.1 Å². The van der Waals surface area contributed by atoms with Crippen LogP contribution in [0.1, 0.15) is 12.0 Å². The minimum absolute atomic E-state index is 0.221. The number of anilines is 1. The van der Waals surface area contributed by atoms with Gasteiger partial charge in [0.15, 0.2) is 6.29 Å². The molecule has 0 aliphatic carbocycles. The van der Waals surface area contributed by atoms with E-state index in [2.05, 4.69) is 5.32 Å². The second-order valence-electron chi connectivity index (χ2n) is 4.49. The van der Waals surface area contributed by atoms with Gasteiger partial charge in [0, 0.05) is 32.7 Å². The molecule has 0 radical (unpaired) electrons. The summed E-state index contributed by atoms with van der Waals surface area (Å²) in [6.45, 7) is 0. The first-order valence-electron chi connectivity index (χ1n) is 6.33. The van der Waals surface area contributed by atoms with Crippen LogP contribution in [0.2, 0.25) is 0 Å². The van der Waals surface area contributed by atoms with E-state index in [9.17, 15) is 9.36 Å². The summed E-state index contributed by atoms with van der Waals surface area (Å²) in [6, 6.07) is 7.08. The van der Waals surface area contributed by atoms with Gasteiger partial charge in [-0.1, -0.05) is 12.1 Å². The molecule has 0 fully saturated rings. The number of methoxy groups -OCH3 is 2. The number of benzene rings is 1. The number of hydrogen-bond acceptors (Lipinski definition) is 4. The molecule has 0 aliphatic rings. The molecule has 0 aromatic heterocycles. The van der Waals surface area contributed by atoms with Crippen LogP contribution in [0.5, 0.6) is 0 Å². The van der Waals surface area contributed by atoms with Gasteiger partial charge in [0.2, 0.25) is 5.91 Å². The number of carbonyl (C=O) groups is 1. The molecule has 7 nitrogen and oxygen atoms in total. The van der Waals surface area contributed by atoms with Crippen molar-refractivity contribution < 1.29 is 28.6 Å². The molecule has 0 saturated carbocycles. The predicted molar refractivity (Wildman–Crippen MR) is 78.1 cm³/mol. The molecule has 8 heteroatoms. The van der Waals surface area contributed by atoms with E-state index in [4.69, 9.17) is 19.3 Å². The van der Waals surface area contributed by atoms with Crippen LogP contribution >= 0.6 is 7.60 Å². The van der Waals surface area contributed by atoms with Crippen molar-refractivity contribution in [3.63, 3.8) is 0 Å². The third-order valence-electron chi connectivity index (χ3n) is 2.80. The van der Waals surface area contributed by atoms with Crippen LogP contribution in [0.4, 0.5) is 5.69 Å². The molecule has 0 saturated heterocycles. The number of ether oxygens (including phenoxy) is 2. The molecular weight excluding hydrogens is 297 g/mol. The largest absolute Gasteiger partial charge is 0.356 e. The van der Waals surface area contributed by atoms with Gasteiger partial charge >= 0.3 is 7.60 Å². The standard InChI is InChI=1S/C13H20NO6P/c1-19-13(20-2)9-10-3-5-11(6-4-10)14-12(15)7-8-21(16,17)18/h3-6,13H,7-9H2,1-2H3,(H,14,15)(H2,16,17,18).